The van der Waals surface area contributed by atoms with Crippen molar-refractivity contribution >= 4 is 40.7 Å². The Kier molecular flexibility index (Phi) is 9.01. The zero-order valence-electron chi connectivity index (χ0n) is 26.3. The van der Waals surface area contributed by atoms with E-state index in [-0.39, 0.29) is 57.7 Å². The van der Waals surface area contributed by atoms with Crippen LogP contribution in [0.5, 0.6) is 0 Å². The van der Waals surface area contributed by atoms with Gasteiger partial charge in [0.05, 0.1) is 22.6 Å². The number of aromatic nitrogens is 3. The molecule has 6 rings (SSSR count). The van der Waals surface area contributed by atoms with E-state index >= 15 is 8.78 Å². The summed E-state index contributed by atoms with van der Waals surface area (Å²) in [6.07, 6.45) is -5.21. The van der Waals surface area contributed by atoms with Crippen molar-refractivity contribution in [1.82, 2.24) is 30.3 Å². The normalized spacial score (nSPS) is 24.1. The van der Waals surface area contributed by atoms with E-state index in [1.54, 1.807) is 0 Å². The first-order valence-electron chi connectivity index (χ1n) is 15.5. The molecule has 2 amide bonds. The molecule has 16 heteroatoms. The summed E-state index contributed by atoms with van der Waals surface area (Å²) in [5, 5.41) is 16.3. The van der Waals surface area contributed by atoms with Gasteiger partial charge in [0.15, 0.2) is 0 Å². The lowest BCUT2D eigenvalue weighted by Crippen LogP contribution is -2.49. The fourth-order valence-electron chi connectivity index (χ4n) is 7.38. The van der Waals surface area contributed by atoms with Crippen molar-refractivity contribution in [1.29, 1.82) is 0 Å². The molecule has 1 fully saturated rings. The van der Waals surface area contributed by atoms with Crippen molar-refractivity contribution in [2.75, 3.05) is 25.0 Å². The number of nitrogens with one attached hydrogen (secondary N) is 3. The lowest BCUT2D eigenvalue weighted by atomic mass is 9.62. The van der Waals surface area contributed by atoms with Crippen LogP contribution in [-0.2, 0) is 34.5 Å². The van der Waals surface area contributed by atoms with Gasteiger partial charge >= 0.3 is 6.18 Å². The summed E-state index contributed by atoms with van der Waals surface area (Å²) in [7, 11) is 0. The van der Waals surface area contributed by atoms with Crippen LogP contribution in [-0.4, -0.2) is 69.4 Å². The molecule has 2 aromatic carbocycles. The predicted octanol–water partition coefficient (Wildman–Crippen LogP) is 5.35. The number of fused-ring (bicyclic) bond motifs is 3. The number of hydrogen-bond acceptors (Lipinski definition) is 6. The van der Waals surface area contributed by atoms with Gasteiger partial charge in [-0.3, -0.25) is 14.5 Å². The average molecular weight is 715 g/mol. The fraction of sp³-hybridized carbons (Fsp3) is 0.500. The van der Waals surface area contributed by atoms with E-state index in [0.717, 1.165) is 0 Å². The van der Waals surface area contributed by atoms with E-state index in [1.807, 2.05) is 25.7 Å². The first-order valence-corrected chi connectivity index (χ1v) is 16.2. The molecule has 48 heavy (non-hydrogen) atoms. The molecule has 0 radical (unpaired) electrons. The highest BCUT2D eigenvalue weighted by molar-refractivity contribution is 6.31. The van der Waals surface area contributed by atoms with Gasteiger partial charge < -0.3 is 20.5 Å². The highest BCUT2D eigenvalue weighted by Gasteiger charge is 2.66. The smallest absolute Gasteiger partial charge is 0.353 e. The number of rotatable bonds is 7. The van der Waals surface area contributed by atoms with E-state index in [4.69, 9.17) is 23.2 Å². The number of carbonyl (C=O) groups is 2. The van der Waals surface area contributed by atoms with Crippen LogP contribution in [0.15, 0.2) is 30.3 Å². The second-order valence-corrected chi connectivity index (χ2v) is 14.6. The van der Waals surface area contributed by atoms with Crippen LogP contribution in [0.3, 0.4) is 0 Å². The molecule has 3 aliphatic heterocycles. The van der Waals surface area contributed by atoms with Crippen LogP contribution in [0.1, 0.15) is 55.9 Å². The molecule has 3 N–H and O–H groups in total. The average Bonchev–Trinajstić information content (AvgIpc) is 3.61. The van der Waals surface area contributed by atoms with Gasteiger partial charge in [-0.25, -0.2) is 8.78 Å². The van der Waals surface area contributed by atoms with Gasteiger partial charge in [-0.05, 0) is 41.2 Å². The summed E-state index contributed by atoms with van der Waals surface area (Å²) in [5.41, 5.74) is -1.44. The number of alkyl halides is 3. The Bertz CT molecular complexity index is 1760. The summed E-state index contributed by atoms with van der Waals surface area (Å²) < 4.78 is 71.3. The molecule has 1 saturated heterocycles. The lowest BCUT2D eigenvalue weighted by molar-refractivity contribution is -0.129. The van der Waals surface area contributed by atoms with Crippen molar-refractivity contribution in [2.45, 2.75) is 76.3 Å². The number of benzene rings is 2. The quantitative estimate of drug-likeness (QED) is 0.286. The van der Waals surface area contributed by atoms with E-state index in [0.29, 0.717) is 25.3 Å². The van der Waals surface area contributed by atoms with E-state index in [2.05, 4.69) is 26.1 Å². The molecule has 4 heterocycles. The van der Waals surface area contributed by atoms with Crippen molar-refractivity contribution in [3.8, 4) is 0 Å². The summed E-state index contributed by atoms with van der Waals surface area (Å²) in [6, 6.07) is 4.99. The third-order valence-electron chi connectivity index (χ3n) is 9.29. The van der Waals surface area contributed by atoms with Crippen LogP contribution in [0.25, 0.3) is 0 Å². The van der Waals surface area contributed by atoms with Crippen molar-refractivity contribution in [3.05, 3.63) is 74.8 Å². The molecular formula is C32H34Cl2F5N7O2. The van der Waals surface area contributed by atoms with E-state index < -0.39 is 59.5 Å². The van der Waals surface area contributed by atoms with Crippen molar-refractivity contribution < 1.29 is 31.5 Å². The van der Waals surface area contributed by atoms with Crippen LogP contribution in [0.4, 0.5) is 27.6 Å². The van der Waals surface area contributed by atoms with Crippen LogP contribution in [0, 0.1) is 17.0 Å². The molecule has 0 aliphatic carbocycles. The van der Waals surface area contributed by atoms with Gasteiger partial charge in [0.1, 0.15) is 35.1 Å². The standard InChI is InChI=1S/C32H34Cl2F5N7O2/c1-30(2,3)13-22-32(17-11-20(35)19(34)12-21(17)41-29(32)48)25(16-5-4-6-18(33)26(16)36)27(42-22)28(47)40-7-8-45-9-10-46-23(14-31(37,38)39)43-44-24(46)15-45/h4-6,11-12,22,25,27,42H,7-10,13-15H2,1-3H3,(H,40,47)(H,41,48)/t22?,25-,27+,32-/m0/s1. The minimum absolute atomic E-state index is 0.0231. The Hall–Kier alpha value is -3.33. The summed E-state index contributed by atoms with van der Waals surface area (Å²) in [5.74, 6) is -3.49. The number of nitrogens with zero attached hydrogens (tertiary/aromatic N) is 4. The second-order valence-electron chi connectivity index (χ2n) is 13.8. The monoisotopic (exact) mass is 713 g/mol. The minimum atomic E-state index is -4.40. The highest BCUT2D eigenvalue weighted by Crippen LogP contribution is 2.57. The Morgan fingerprint density at radius 1 is 1.10 bits per heavy atom. The zero-order valence-corrected chi connectivity index (χ0v) is 27.8. The second kappa shape index (κ2) is 12.5. The number of halogens is 7. The Balaban J connectivity index is 1.30. The molecular weight excluding hydrogens is 680 g/mol. The molecule has 3 aromatic rings. The maximum atomic E-state index is 15.9. The molecule has 4 atom stereocenters. The summed E-state index contributed by atoms with van der Waals surface area (Å²) in [4.78, 5) is 30.2. The Labute approximate surface area is 283 Å². The first-order chi connectivity index (χ1) is 22.5. The lowest BCUT2D eigenvalue weighted by Gasteiger charge is -2.37. The molecule has 258 valence electrons. The first kappa shape index (κ1) is 34.5. The molecule has 0 saturated carbocycles. The van der Waals surface area contributed by atoms with E-state index in [9.17, 15) is 22.8 Å². The molecule has 0 bridgehead atoms. The SMILES string of the molecule is CC(C)(C)CC1N[C@@H](C(=O)NCCN2CCn3c(nnc3CC(F)(F)F)C2)[C@H](c2cccc(Cl)c2F)[C@@]12C(=O)Nc1cc(Cl)c(F)cc12. The fourth-order valence-corrected chi connectivity index (χ4v) is 7.73. The van der Waals surface area contributed by atoms with Crippen molar-refractivity contribution in [2.24, 2.45) is 5.41 Å². The van der Waals surface area contributed by atoms with Gasteiger partial charge in [0.2, 0.25) is 11.8 Å². The third-order valence-corrected chi connectivity index (χ3v) is 9.88. The predicted molar refractivity (Wildman–Crippen MR) is 169 cm³/mol. The third kappa shape index (κ3) is 6.27. The van der Waals surface area contributed by atoms with Gasteiger partial charge in [0, 0.05) is 43.8 Å². The minimum Gasteiger partial charge on any atom is -0.353 e. The Morgan fingerprint density at radius 2 is 1.85 bits per heavy atom. The maximum Gasteiger partial charge on any atom is 0.396 e. The largest absolute Gasteiger partial charge is 0.396 e. The number of hydrogen-bond donors (Lipinski definition) is 3. The molecule has 1 aromatic heterocycles. The van der Waals surface area contributed by atoms with Crippen LogP contribution < -0.4 is 16.0 Å². The van der Waals surface area contributed by atoms with Gasteiger partial charge in [-0.1, -0.05) is 56.1 Å². The zero-order chi connectivity index (χ0) is 34.8. The highest BCUT2D eigenvalue weighted by atomic mass is 35.5. The van der Waals surface area contributed by atoms with Gasteiger partial charge in [-0.2, -0.15) is 13.2 Å². The summed E-state index contributed by atoms with van der Waals surface area (Å²) >= 11 is 12.3. The Morgan fingerprint density at radius 3 is 2.56 bits per heavy atom. The molecule has 1 spiro atoms. The maximum absolute atomic E-state index is 15.9. The van der Waals surface area contributed by atoms with Crippen LogP contribution in [0.2, 0.25) is 10.0 Å². The number of carbonyl (C=O) groups excluding carboxylic acids is 2. The molecule has 9 nitrogen and oxygen atoms in total. The van der Waals surface area contributed by atoms with E-state index in [1.165, 1.54) is 34.9 Å². The van der Waals surface area contributed by atoms with Crippen molar-refractivity contribution in [3.63, 3.8) is 0 Å². The number of anilines is 1. The van der Waals surface area contributed by atoms with Gasteiger partial charge in [-0.15, -0.1) is 10.2 Å². The topological polar surface area (TPSA) is 104 Å². The molecule has 3 aliphatic rings. The van der Waals surface area contributed by atoms with Crippen LogP contribution >= 0.6 is 23.2 Å². The molecule has 1 unspecified atom stereocenters. The number of amides is 2. The van der Waals surface area contributed by atoms with Gasteiger partial charge in [0.25, 0.3) is 0 Å². The summed E-state index contributed by atoms with van der Waals surface area (Å²) in [6.45, 7) is 7.26.